The van der Waals surface area contributed by atoms with Gasteiger partial charge in [-0.25, -0.2) is 0 Å². The summed E-state index contributed by atoms with van der Waals surface area (Å²) in [5, 5.41) is 7.71. The molecule has 0 fully saturated rings. The Morgan fingerprint density at radius 1 is 1.22 bits per heavy atom. The lowest BCUT2D eigenvalue weighted by Gasteiger charge is -2.13. The van der Waals surface area contributed by atoms with E-state index in [1.54, 1.807) is 0 Å². The van der Waals surface area contributed by atoms with E-state index < -0.39 is 0 Å². The molecule has 0 saturated carbocycles. The third kappa shape index (κ3) is 4.34. The highest BCUT2D eigenvalue weighted by Crippen LogP contribution is 2.04. The number of benzene rings is 1. The van der Waals surface area contributed by atoms with Crippen LogP contribution in [0.2, 0.25) is 0 Å². The van der Waals surface area contributed by atoms with Crippen molar-refractivity contribution < 1.29 is 0 Å². The minimum Gasteiger partial charge on any atom is -0.312 e. The molecule has 1 aromatic heterocycles. The number of hydrogen-bond acceptors (Lipinski definition) is 2. The van der Waals surface area contributed by atoms with E-state index in [0.717, 1.165) is 19.5 Å². The van der Waals surface area contributed by atoms with Crippen LogP contribution in [-0.2, 0) is 13.0 Å². The molecule has 0 spiro atoms. The molecule has 0 radical (unpaired) electrons. The van der Waals surface area contributed by atoms with Crippen LogP contribution in [0.1, 0.15) is 18.9 Å². The van der Waals surface area contributed by atoms with E-state index in [1.165, 1.54) is 12.0 Å². The van der Waals surface area contributed by atoms with Crippen molar-refractivity contribution in [1.29, 1.82) is 0 Å². The monoisotopic (exact) mass is 243 g/mol. The lowest BCUT2D eigenvalue weighted by molar-refractivity contribution is 0.475. The minimum absolute atomic E-state index is 0.542. The van der Waals surface area contributed by atoms with E-state index in [1.807, 2.05) is 23.1 Å². The number of nitrogens with one attached hydrogen (secondary N) is 1. The zero-order valence-corrected chi connectivity index (χ0v) is 10.9. The van der Waals surface area contributed by atoms with E-state index in [2.05, 4.69) is 47.7 Å². The highest BCUT2D eigenvalue weighted by atomic mass is 15.3. The number of aromatic nitrogens is 2. The first-order valence-corrected chi connectivity index (χ1v) is 6.59. The molecule has 1 aromatic carbocycles. The molecule has 0 amide bonds. The Morgan fingerprint density at radius 3 is 2.78 bits per heavy atom. The Hall–Kier alpha value is -1.61. The second kappa shape index (κ2) is 6.97. The normalized spacial score (nSPS) is 12.5. The van der Waals surface area contributed by atoms with Gasteiger partial charge in [0.1, 0.15) is 0 Å². The van der Waals surface area contributed by atoms with Gasteiger partial charge in [0.2, 0.25) is 0 Å². The van der Waals surface area contributed by atoms with E-state index in [-0.39, 0.29) is 0 Å². The van der Waals surface area contributed by atoms with Crippen molar-refractivity contribution in [3.63, 3.8) is 0 Å². The molecule has 1 atom stereocenters. The third-order valence-electron chi connectivity index (χ3n) is 3.10. The molecule has 0 saturated heterocycles. The quantitative estimate of drug-likeness (QED) is 0.809. The largest absolute Gasteiger partial charge is 0.312 e. The van der Waals surface area contributed by atoms with Crippen LogP contribution in [0.4, 0.5) is 0 Å². The summed E-state index contributed by atoms with van der Waals surface area (Å²) in [6, 6.07) is 13.2. The molecular formula is C15H21N3. The third-order valence-corrected chi connectivity index (χ3v) is 3.10. The standard InChI is InChI=1S/C15H21N3/c1-14(8-9-15-6-3-2-4-7-15)16-11-13-18-12-5-10-17-18/h2-7,10,12,14,16H,8-9,11,13H2,1H3. The van der Waals surface area contributed by atoms with Crippen LogP contribution in [0.25, 0.3) is 0 Å². The van der Waals surface area contributed by atoms with Gasteiger partial charge in [0, 0.05) is 25.0 Å². The molecule has 1 N–H and O–H groups in total. The zero-order valence-electron chi connectivity index (χ0n) is 10.9. The van der Waals surface area contributed by atoms with Gasteiger partial charge in [-0.15, -0.1) is 0 Å². The van der Waals surface area contributed by atoms with Crippen molar-refractivity contribution in [3.8, 4) is 0 Å². The first-order valence-electron chi connectivity index (χ1n) is 6.59. The molecule has 1 heterocycles. The maximum Gasteiger partial charge on any atom is 0.0534 e. The van der Waals surface area contributed by atoms with Crippen molar-refractivity contribution in [2.24, 2.45) is 0 Å². The fourth-order valence-corrected chi connectivity index (χ4v) is 1.99. The average molecular weight is 243 g/mol. The van der Waals surface area contributed by atoms with Crippen LogP contribution in [-0.4, -0.2) is 22.4 Å². The summed E-state index contributed by atoms with van der Waals surface area (Å²) in [5.41, 5.74) is 1.42. The fourth-order valence-electron chi connectivity index (χ4n) is 1.99. The zero-order chi connectivity index (χ0) is 12.6. The van der Waals surface area contributed by atoms with Crippen molar-refractivity contribution in [2.75, 3.05) is 6.54 Å². The first kappa shape index (κ1) is 12.8. The molecule has 1 unspecified atom stereocenters. The van der Waals surface area contributed by atoms with Crippen LogP contribution in [0.5, 0.6) is 0 Å². The van der Waals surface area contributed by atoms with Crippen molar-refractivity contribution >= 4 is 0 Å². The maximum atomic E-state index is 4.18. The van der Waals surface area contributed by atoms with Gasteiger partial charge in [-0.1, -0.05) is 30.3 Å². The molecule has 96 valence electrons. The average Bonchev–Trinajstić information content (AvgIpc) is 2.91. The summed E-state index contributed by atoms with van der Waals surface area (Å²) in [4.78, 5) is 0. The second-order valence-electron chi connectivity index (χ2n) is 4.65. The fraction of sp³-hybridized carbons (Fsp3) is 0.400. The van der Waals surface area contributed by atoms with Crippen molar-refractivity contribution in [1.82, 2.24) is 15.1 Å². The predicted octanol–water partition coefficient (Wildman–Crippen LogP) is 2.49. The summed E-state index contributed by atoms with van der Waals surface area (Å²) in [6.07, 6.45) is 6.12. The molecule has 3 nitrogen and oxygen atoms in total. The first-order chi connectivity index (χ1) is 8.84. The molecular weight excluding hydrogens is 222 g/mol. The molecule has 0 bridgehead atoms. The smallest absolute Gasteiger partial charge is 0.0534 e. The van der Waals surface area contributed by atoms with E-state index in [4.69, 9.17) is 0 Å². The second-order valence-corrected chi connectivity index (χ2v) is 4.65. The summed E-state index contributed by atoms with van der Waals surface area (Å²) in [6.45, 7) is 4.15. The van der Waals surface area contributed by atoms with E-state index in [9.17, 15) is 0 Å². The number of aryl methyl sites for hydroxylation is 1. The minimum atomic E-state index is 0.542. The number of rotatable bonds is 7. The lowest BCUT2D eigenvalue weighted by atomic mass is 10.1. The van der Waals surface area contributed by atoms with Gasteiger partial charge >= 0.3 is 0 Å². The molecule has 0 aliphatic heterocycles. The summed E-state index contributed by atoms with van der Waals surface area (Å²) in [7, 11) is 0. The molecule has 18 heavy (non-hydrogen) atoms. The maximum absolute atomic E-state index is 4.18. The SMILES string of the molecule is CC(CCc1ccccc1)NCCn1cccn1. The summed E-state index contributed by atoms with van der Waals surface area (Å²) < 4.78 is 1.96. The molecule has 0 aliphatic rings. The topological polar surface area (TPSA) is 29.9 Å². The van der Waals surface area contributed by atoms with Crippen LogP contribution >= 0.6 is 0 Å². The van der Waals surface area contributed by atoms with Crippen LogP contribution in [0, 0.1) is 0 Å². The van der Waals surface area contributed by atoms with Gasteiger partial charge in [-0.05, 0) is 31.4 Å². The highest BCUT2D eigenvalue weighted by Gasteiger charge is 2.01. The summed E-state index contributed by atoms with van der Waals surface area (Å²) >= 11 is 0. The van der Waals surface area contributed by atoms with Crippen LogP contribution < -0.4 is 5.32 Å². The molecule has 2 aromatic rings. The van der Waals surface area contributed by atoms with Gasteiger partial charge in [0.25, 0.3) is 0 Å². The van der Waals surface area contributed by atoms with Gasteiger partial charge in [-0.3, -0.25) is 4.68 Å². The van der Waals surface area contributed by atoms with E-state index in [0.29, 0.717) is 6.04 Å². The number of nitrogens with zero attached hydrogens (tertiary/aromatic N) is 2. The van der Waals surface area contributed by atoms with Gasteiger partial charge in [0.15, 0.2) is 0 Å². The lowest BCUT2D eigenvalue weighted by Crippen LogP contribution is -2.29. The Bertz CT molecular complexity index is 422. The number of hydrogen-bond donors (Lipinski definition) is 1. The van der Waals surface area contributed by atoms with Crippen LogP contribution in [0.15, 0.2) is 48.8 Å². The molecule has 0 aliphatic carbocycles. The summed E-state index contributed by atoms with van der Waals surface area (Å²) in [5.74, 6) is 0. The van der Waals surface area contributed by atoms with Crippen molar-refractivity contribution in [2.45, 2.75) is 32.4 Å². The molecule has 2 rings (SSSR count). The Balaban J connectivity index is 1.62. The van der Waals surface area contributed by atoms with E-state index >= 15 is 0 Å². The predicted molar refractivity (Wildman–Crippen MR) is 74.5 cm³/mol. The molecule has 3 heteroatoms. The van der Waals surface area contributed by atoms with Crippen LogP contribution in [0.3, 0.4) is 0 Å². The van der Waals surface area contributed by atoms with Gasteiger partial charge in [-0.2, -0.15) is 5.10 Å². The Labute approximate surface area is 109 Å². The Kier molecular flexibility index (Phi) is 4.97. The van der Waals surface area contributed by atoms with Gasteiger partial charge < -0.3 is 5.32 Å². The Morgan fingerprint density at radius 2 is 2.06 bits per heavy atom. The van der Waals surface area contributed by atoms with Gasteiger partial charge in [0.05, 0.1) is 6.54 Å². The highest BCUT2D eigenvalue weighted by molar-refractivity contribution is 5.14. The van der Waals surface area contributed by atoms with Crippen molar-refractivity contribution in [3.05, 3.63) is 54.4 Å².